The molecule has 0 radical (unpaired) electrons. The molecular weight excluding hydrogens is 248 g/mol. The lowest BCUT2D eigenvalue weighted by atomic mass is 10.2. The highest BCUT2D eigenvalue weighted by Gasteiger charge is 2.12. The molecule has 0 saturated carbocycles. The fraction of sp³-hybridized carbons (Fsp3) is 0.538. The Morgan fingerprint density at radius 3 is 2.78 bits per heavy atom. The van der Waals surface area contributed by atoms with Gasteiger partial charge in [-0.25, -0.2) is 4.98 Å². The summed E-state index contributed by atoms with van der Waals surface area (Å²) in [6, 6.07) is 3.66. The van der Waals surface area contributed by atoms with Gasteiger partial charge in [0.1, 0.15) is 0 Å². The van der Waals surface area contributed by atoms with Crippen LogP contribution in [0.5, 0.6) is 0 Å². The van der Waals surface area contributed by atoms with Gasteiger partial charge in [0.05, 0.1) is 16.7 Å². The minimum atomic E-state index is -0.387. The number of aliphatic hydroxyl groups excluding tert-OH is 1. The zero-order chi connectivity index (χ0) is 13.5. The Labute approximate surface area is 112 Å². The largest absolute Gasteiger partial charge is 0.393 e. The lowest BCUT2D eigenvalue weighted by molar-refractivity contribution is 0.0768. The number of rotatable bonds is 6. The van der Waals surface area contributed by atoms with Crippen LogP contribution in [0.3, 0.4) is 0 Å². The minimum absolute atomic E-state index is 0.0591. The fourth-order valence-electron chi connectivity index (χ4n) is 1.44. The highest BCUT2D eigenvalue weighted by molar-refractivity contribution is 7.99. The summed E-state index contributed by atoms with van der Waals surface area (Å²) in [6.07, 6.45) is 1.81. The quantitative estimate of drug-likeness (QED) is 0.802. The van der Waals surface area contributed by atoms with Crippen molar-refractivity contribution < 1.29 is 9.90 Å². The van der Waals surface area contributed by atoms with Crippen molar-refractivity contribution in [2.45, 2.75) is 31.4 Å². The van der Waals surface area contributed by atoms with Crippen molar-refractivity contribution in [2.24, 2.45) is 0 Å². The van der Waals surface area contributed by atoms with E-state index >= 15 is 0 Å². The molecule has 4 nitrogen and oxygen atoms in total. The average molecular weight is 268 g/mol. The summed E-state index contributed by atoms with van der Waals surface area (Å²) >= 11 is 1.65. The number of aliphatic hydroxyl groups is 1. The second-order valence-electron chi connectivity index (χ2n) is 4.18. The first kappa shape index (κ1) is 15.0. The van der Waals surface area contributed by atoms with E-state index in [0.29, 0.717) is 18.5 Å². The van der Waals surface area contributed by atoms with Crippen LogP contribution in [0.4, 0.5) is 0 Å². The molecule has 1 rings (SSSR count). The smallest absolute Gasteiger partial charge is 0.255 e. The third kappa shape index (κ3) is 4.66. The van der Waals surface area contributed by atoms with E-state index in [9.17, 15) is 9.90 Å². The van der Waals surface area contributed by atoms with Crippen molar-refractivity contribution in [3.8, 4) is 0 Å². The molecule has 1 atom stereocenters. The molecule has 1 aromatic heterocycles. The fourth-order valence-corrected chi connectivity index (χ4v) is 2.03. The molecule has 0 aliphatic rings. The van der Waals surface area contributed by atoms with Crippen molar-refractivity contribution in [3.05, 3.63) is 23.9 Å². The van der Waals surface area contributed by atoms with Gasteiger partial charge in [0, 0.05) is 19.8 Å². The highest BCUT2D eigenvalue weighted by Crippen LogP contribution is 2.15. The molecule has 0 aliphatic heterocycles. The van der Waals surface area contributed by atoms with E-state index in [-0.39, 0.29) is 12.0 Å². The lowest BCUT2D eigenvalue weighted by Gasteiger charge is -2.17. The normalized spacial score (nSPS) is 12.2. The summed E-state index contributed by atoms with van der Waals surface area (Å²) in [5, 5.41) is 10.1. The third-order valence-corrected chi connectivity index (χ3v) is 3.33. The number of hydrogen-bond donors (Lipinski definition) is 1. The van der Waals surface area contributed by atoms with Crippen LogP contribution < -0.4 is 0 Å². The SMILES string of the molecule is CCSc1ccc(C(=O)N(C)CCC(C)O)cn1. The Hall–Kier alpha value is -1.07. The van der Waals surface area contributed by atoms with Crippen LogP contribution in [0, 0.1) is 0 Å². The zero-order valence-electron chi connectivity index (χ0n) is 11.1. The number of aromatic nitrogens is 1. The number of hydrogen-bond acceptors (Lipinski definition) is 4. The van der Waals surface area contributed by atoms with Gasteiger partial charge < -0.3 is 10.0 Å². The Balaban J connectivity index is 2.60. The summed E-state index contributed by atoms with van der Waals surface area (Å²) in [5.74, 6) is 0.908. The standard InChI is InChI=1S/C13H20N2O2S/c1-4-18-12-6-5-11(9-14-12)13(17)15(3)8-7-10(2)16/h5-6,9-10,16H,4,7-8H2,1-3H3. The van der Waals surface area contributed by atoms with Gasteiger partial charge in [-0.3, -0.25) is 4.79 Å². The number of carbonyl (C=O) groups excluding carboxylic acids is 1. The van der Waals surface area contributed by atoms with E-state index in [4.69, 9.17) is 0 Å². The Kier molecular flexibility index (Phi) is 6.15. The van der Waals surface area contributed by atoms with Crippen LogP contribution in [-0.2, 0) is 0 Å². The van der Waals surface area contributed by atoms with Gasteiger partial charge >= 0.3 is 0 Å². The predicted octanol–water partition coefficient (Wildman–Crippen LogP) is 2.04. The van der Waals surface area contributed by atoms with Crippen LogP contribution in [0.25, 0.3) is 0 Å². The molecule has 0 bridgehead atoms. The number of pyridine rings is 1. The van der Waals surface area contributed by atoms with E-state index in [1.54, 1.807) is 42.9 Å². The average Bonchev–Trinajstić information content (AvgIpc) is 2.36. The van der Waals surface area contributed by atoms with Crippen LogP contribution in [0.2, 0.25) is 0 Å². The molecule has 0 aromatic carbocycles. The maximum Gasteiger partial charge on any atom is 0.255 e. The van der Waals surface area contributed by atoms with E-state index < -0.39 is 0 Å². The van der Waals surface area contributed by atoms with Crippen LogP contribution in [0.1, 0.15) is 30.6 Å². The molecule has 0 saturated heterocycles. The van der Waals surface area contributed by atoms with Crippen molar-refractivity contribution in [1.29, 1.82) is 0 Å². The zero-order valence-corrected chi connectivity index (χ0v) is 11.9. The molecule has 1 aromatic rings. The first-order valence-electron chi connectivity index (χ1n) is 6.07. The Morgan fingerprint density at radius 1 is 1.56 bits per heavy atom. The van der Waals surface area contributed by atoms with Gasteiger partial charge in [0.25, 0.3) is 5.91 Å². The molecule has 1 unspecified atom stereocenters. The molecule has 100 valence electrons. The van der Waals surface area contributed by atoms with Crippen molar-refractivity contribution in [3.63, 3.8) is 0 Å². The minimum Gasteiger partial charge on any atom is -0.393 e. The molecule has 1 heterocycles. The summed E-state index contributed by atoms with van der Waals surface area (Å²) in [5.41, 5.74) is 0.587. The van der Waals surface area contributed by atoms with Gasteiger partial charge in [0.2, 0.25) is 0 Å². The number of nitrogens with zero attached hydrogens (tertiary/aromatic N) is 2. The number of carbonyl (C=O) groups is 1. The Morgan fingerprint density at radius 2 is 2.28 bits per heavy atom. The van der Waals surface area contributed by atoms with Crippen LogP contribution >= 0.6 is 11.8 Å². The number of thioether (sulfide) groups is 1. The second kappa shape index (κ2) is 7.38. The van der Waals surface area contributed by atoms with Gasteiger partial charge in [-0.05, 0) is 31.2 Å². The van der Waals surface area contributed by atoms with E-state index in [1.807, 2.05) is 6.07 Å². The first-order valence-corrected chi connectivity index (χ1v) is 7.05. The summed E-state index contributed by atoms with van der Waals surface area (Å²) in [6.45, 7) is 4.33. The van der Waals surface area contributed by atoms with Gasteiger partial charge in [-0.1, -0.05) is 6.92 Å². The van der Waals surface area contributed by atoms with E-state index in [2.05, 4.69) is 11.9 Å². The van der Waals surface area contributed by atoms with Crippen molar-refractivity contribution >= 4 is 17.7 Å². The summed E-state index contributed by atoms with van der Waals surface area (Å²) in [7, 11) is 1.74. The second-order valence-corrected chi connectivity index (χ2v) is 5.47. The van der Waals surface area contributed by atoms with Crippen molar-refractivity contribution in [1.82, 2.24) is 9.88 Å². The number of amides is 1. The molecular formula is C13H20N2O2S. The summed E-state index contributed by atoms with van der Waals surface area (Å²) < 4.78 is 0. The maximum atomic E-state index is 12.0. The predicted molar refractivity (Wildman–Crippen MR) is 73.9 cm³/mol. The monoisotopic (exact) mass is 268 g/mol. The van der Waals surface area contributed by atoms with Gasteiger partial charge in [-0.15, -0.1) is 11.8 Å². The van der Waals surface area contributed by atoms with E-state index in [0.717, 1.165) is 10.8 Å². The van der Waals surface area contributed by atoms with Gasteiger partial charge in [0.15, 0.2) is 0 Å². The molecule has 18 heavy (non-hydrogen) atoms. The molecule has 1 N–H and O–H groups in total. The maximum absolute atomic E-state index is 12.0. The third-order valence-electron chi connectivity index (χ3n) is 2.50. The lowest BCUT2D eigenvalue weighted by Crippen LogP contribution is -2.29. The van der Waals surface area contributed by atoms with E-state index in [1.165, 1.54) is 0 Å². The van der Waals surface area contributed by atoms with Gasteiger partial charge in [-0.2, -0.15) is 0 Å². The topological polar surface area (TPSA) is 53.4 Å². The molecule has 0 aliphatic carbocycles. The van der Waals surface area contributed by atoms with Crippen molar-refractivity contribution in [2.75, 3.05) is 19.3 Å². The van der Waals surface area contributed by atoms with Crippen LogP contribution in [-0.4, -0.2) is 46.3 Å². The molecule has 0 spiro atoms. The van der Waals surface area contributed by atoms with Crippen LogP contribution in [0.15, 0.2) is 23.4 Å². The Bertz CT molecular complexity index is 379. The summed E-state index contributed by atoms with van der Waals surface area (Å²) in [4.78, 5) is 17.9. The highest BCUT2D eigenvalue weighted by atomic mass is 32.2. The first-order chi connectivity index (χ1) is 8.54. The molecule has 0 fully saturated rings. The molecule has 5 heteroatoms. The molecule has 1 amide bonds.